The molecule has 1 rings (SSSR count). The number of aliphatic hydroxyl groups is 7. The van der Waals surface area contributed by atoms with E-state index in [1.807, 2.05) is 0 Å². The first-order valence-electron chi connectivity index (χ1n) is 27.1. The summed E-state index contributed by atoms with van der Waals surface area (Å²) < 4.78 is 11.1. The highest BCUT2D eigenvalue weighted by atomic mass is 16.7. The molecule has 11 nitrogen and oxygen atoms in total. The van der Waals surface area contributed by atoms with Crippen molar-refractivity contribution < 1.29 is 50.0 Å². The van der Waals surface area contributed by atoms with Gasteiger partial charge in [0.15, 0.2) is 6.29 Å². The number of carbonyl (C=O) groups excluding carboxylic acids is 1. The smallest absolute Gasteiger partial charge is 0.249 e. The summed E-state index contributed by atoms with van der Waals surface area (Å²) >= 11 is 0. The number of aliphatic hydroxyl groups excluding tert-OH is 7. The third kappa shape index (κ3) is 31.8. The van der Waals surface area contributed by atoms with Gasteiger partial charge < -0.3 is 50.5 Å². The molecule has 9 atom stereocenters. The number of allylic oxidation sites excluding steroid dienone is 2. The SMILES string of the molecule is CCCC/C=C\CCCCCCC(O)C(=O)NC(COC1OC(CO)C(O)C(O)C1O)C(O)C(O)CCCCCCCCCCCCCCCCCCCCCCCCCCCCC. The van der Waals surface area contributed by atoms with Crippen LogP contribution in [0.1, 0.15) is 251 Å². The summed E-state index contributed by atoms with van der Waals surface area (Å²) in [5.41, 5.74) is 0. The van der Waals surface area contributed by atoms with Crippen LogP contribution >= 0.6 is 0 Å². The van der Waals surface area contributed by atoms with Gasteiger partial charge >= 0.3 is 0 Å². The third-order valence-corrected chi connectivity index (χ3v) is 13.3. The zero-order valence-electron chi connectivity index (χ0n) is 41.3. The van der Waals surface area contributed by atoms with Crippen LogP contribution in [0.15, 0.2) is 12.2 Å². The van der Waals surface area contributed by atoms with Gasteiger partial charge in [0.25, 0.3) is 0 Å². The molecule has 64 heavy (non-hydrogen) atoms. The van der Waals surface area contributed by atoms with Crippen LogP contribution in [0.2, 0.25) is 0 Å². The van der Waals surface area contributed by atoms with Gasteiger partial charge in [-0.1, -0.05) is 231 Å². The molecule has 0 aromatic heterocycles. The molecular formula is C53H103NO10. The Labute approximate surface area is 392 Å². The first kappa shape index (κ1) is 60.9. The van der Waals surface area contributed by atoms with Crippen LogP contribution in [0, 0.1) is 0 Å². The first-order valence-corrected chi connectivity index (χ1v) is 27.1. The highest BCUT2D eigenvalue weighted by Crippen LogP contribution is 2.23. The fourth-order valence-electron chi connectivity index (χ4n) is 8.84. The number of carbonyl (C=O) groups is 1. The minimum absolute atomic E-state index is 0.247. The normalized spacial score (nSPS) is 21.0. The number of ether oxygens (including phenoxy) is 2. The Morgan fingerprint density at radius 1 is 0.531 bits per heavy atom. The van der Waals surface area contributed by atoms with Gasteiger partial charge in [0, 0.05) is 0 Å². The Kier molecular flexibility index (Phi) is 41.0. The Morgan fingerprint density at radius 3 is 1.36 bits per heavy atom. The topological polar surface area (TPSA) is 189 Å². The summed E-state index contributed by atoms with van der Waals surface area (Å²) in [5.74, 6) is -0.706. The molecule has 0 spiro atoms. The van der Waals surface area contributed by atoms with Gasteiger partial charge in [0.1, 0.15) is 36.6 Å². The largest absolute Gasteiger partial charge is 0.394 e. The van der Waals surface area contributed by atoms with E-state index in [-0.39, 0.29) is 6.42 Å². The van der Waals surface area contributed by atoms with Crippen molar-refractivity contribution in [1.82, 2.24) is 5.32 Å². The van der Waals surface area contributed by atoms with Crippen molar-refractivity contribution in [3.8, 4) is 0 Å². The summed E-state index contributed by atoms with van der Waals surface area (Å²) in [4.78, 5) is 13.1. The summed E-state index contributed by atoms with van der Waals surface area (Å²) in [5, 5.41) is 75.8. The number of amides is 1. The standard InChI is InChI=1S/C53H103NO10/c1-3-5-7-9-11-13-15-16-17-18-19-20-21-22-23-24-25-26-27-28-29-30-31-33-34-36-38-40-45(56)48(58)44(43-63-53-51(61)50(60)49(59)47(42-55)64-53)54-52(62)46(57)41-39-37-35-32-14-12-10-8-6-4-2/h10,12,44-51,53,55-61H,3-9,11,13-43H2,1-2H3,(H,54,62)/b12-10-. The van der Waals surface area contributed by atoms with E-state index in [9.17, 15) is 40.5 Å². The maximum absolute atomic E-state index is 13.1. The van der Waals surface area contributed by atoms with Gasteiger partial charge in [-0.25, -0.2) is 0 Å². The molecule has 0 radical (unpaired) electrons. The van der Waals surface area contributed by atoms with Crippen molar-refractivity contribution in [2.24, 2.45) is 0 Å². The Balaban J connectivity index is 2.25. The van der Waals surface area contributed by atoms with Crippen molar-refractivity contribution in [3.05, 3.63) is 12.2 Å². The summed E-state index contributed by atoms with van der Waals surface area (Å²) in [6.07, 6.45) is 37.2. The monoisotopic (exact) mass is 914 g/mol. The second-order valence-corrected chi connectivity index (χ2v) is 19.3. The third-order valence-electron chi connectivity index (χ3n) is 13.3. The molecule has 0 aromatic rings. The van der Waals surface area contributed by atoms with Crippen LogP contribution in [0.4, 0.5) is 0 Å². The van der Waals surface area contributed by atoms with Crippen LogP contribution in [0.3, 0.4) is 0 Å². The van der Waals surface area contributed by atoms with Crippen LogP contribution in [-0.2, 0) is 14.3 Å². The Morgan fingerprint density at radius 2 is 0.922 bits per heavy atom. The highest BCUT2D eigenvalue weighted by molar-refractivity contribution is 5.80. The van der Waals surface area contributed by atoms with Crippen LogP contribution in [-0.4, -0.2) is 110 Å². The molecule has 0 aliphatic carbocycles. The number of hydrogen-bond acceptors (Lipinski definition) is 10. The molecule has 0 bridgehead atoms. The number of unbranched alkanes of at least 4 members (excludes halogenated alkanes) is 32. The van der Waals surface area contributed by atoms with E-state index in [0.29, 0.717) is 19.3 Å². The maximum atomic E-state index is 13.1. The predicted octanol–water partition coefficient (Wildman–Crippen LogP) is 10.4. The first-order chi connectivity index (χ1) is 31.2. The van der Waals surface area contributed by atoms with Gasteiger partial charge in [0.05, 0.1) is 25.4 Å². The number of hydrogen-bond donors (Lipinski definition) is 8. The Hall–Kier alpha value is -1.15. The van der Waals surface area contributed by atoms with Crippen molar-refractivity contribution >= 4 is 5.91 Å². The fourth-order valence-corrected chi connectivity index (χ4v) is 8.84. The van der Waals surface area contributed by atoms with Crippen LogP contribution in [0.25, 0.3) is 0 Å². The van der Waals surface area contributed by atoms with E-state index >= 15 is 0 Å². The molecule has 1 fully saturated rings. The average Bonchev–Trinajstić information content (AvgIpc) is 3.29. The van der Waals surface area contributed by atoms with Gasteiger partial charge in [0.2, 0.25) is 5.91 Å². The minimum Gasteiger partial charge on any atom is -0.394 e. The minimum atomic E-state index is -1.66. The quantitative estimate of drug-likeness (QED) is 0.0216. The van der Waals surface area contributed by atoms with Crippen molar-refractivity contribution in [1.29, 1.82) is 0 Å². The molecule has 1 aliphatic rings. The van der Waals surface area contributed by atoms with Gasteiger partial charge in [-0.15, -0.1) is 0 Å². The lowest BCUT2D eigenvalue weighted by molar-refractivity contribution is -0.303. The molecule has 380 valence electrons. The lowest BCUT2D eigenvalue weighted by Gasteiger charge is -2.40. The van der Waals surface area contributed by atoms with Gasteiger partial charge in [-0.05, 0) is 32.1 Å². The summed E-state index contributed by atoms with van der Waals surface area (Å²) in [6, 6.07) is -1.17. The van der Waals surface area contributed by atoms with Gasteiger partial charge in [-0.3, -0.25) is 4.79 Å². The number of nitrogens with one attached hydrogen (secondary N) is 1. The molecule has 0 saturated carbocycles. The van der Waals surface area contributed by atoms with E-state index in [0.717, 1.165) is 51.4 Å². The zero-order valence-corrected chi connectivity index (χ0v) is 41.3. The summed E-state index contributed by atoms with van der Waals surface area (Å²) in [6.45, 7) is 3.41. The maximum Gasteiger partial charge on any atom is 0.249 e. The summed E-state index contributed by atoms with van der Waals surface area (Å²) in [7, 11) is 0. The molecule has 1 heterocycles. The van der Waals surface area contributed by atoms with Crippen LogP contribution in [0.5, 0.6) is 0 Å². The fraction of sp³-hybridized carbons (Fsp3) is 0.943. The Bertz CT molecular complexity index is 1050. The van der Waals surface area contributed by atoms with Gasteiger partial charge in [-0.2, -0.15) is 0 Å². The molecule has 1 aliphatic heterocycles. The van der Waals surface area contributed by atoms with E-state index in [4.69, 9.17) is 9.47 Å². The molecule has 9 unspecified atom stereocenters. The highest BCUT2D eigenvalue weighted by Gasteiger charge is 2.44. The van der Waals surface area contributed by atoms with Crippen molar-refractivity contribution in [2.75, 3.05) is 13.2 Å². The van der Waals surface area contributed by atoms with E-state index < -0.39 is 74.2 Å². The molecule has 11 heteroatoms. The molecule has 8 N–H and O–H groups in total. The van der Waals surface area contributed by atoms with E-state index in [1.54, 1.807) is 0 Å². The lowest BCUT2D eigenvalue weighted by atomic mass is 9.98. The van der Waals surface area contributed by atoms with Crippen molar-refractivity contribution in [2.45, 2.75) is 306 Å². The molecular weight excluding hydrogens is 811 g/mol. The lowest BCUT2D eigenvalue weighted by Crippen LogP contribution is -2.60. The predicted molar refractivity (Wildman–Crippen MR) is 261 cm³/mol. The molecule has 0 aromatic carbocycles. The van der Waals surface area contributed by atoms with E-state index in [1.165, 1.54) is 161 Å². The second kappa shape index (κ2) is 43.2. The van der Waals surface area contributed by atoms with Crippen molar-refractivity contribution in [3.63, 3.8) is 0 Å². The molecule has 1 amide bonds. The average molecular weight is 914 g/mol. The van der Waals surface area contributed by atoms with E-state index in [2.05, 4.69) is 31.3 Å². The second-order valence-electron chi connectivity index (χ2n) is 19.3. The van der Waals surface area contributed by atoms with Crippen LogP contribution < -0.4 is 5.32 Å². The zero-order chi connectivity index (χ0) is 46.9. The number of rotatable bonds is 46. The molecule has 1 saturated heterocycles.